The van der Waals surface area contributed by atoms with Crippen LogP contribution in [-0.2, 0) is 17.6 Å². The van der Waals surface area contributed by atoms with Crippen LogP contribution in [0.5, 0.6) is 0 Å². The molecule has 5 rings (SSSR count). The van der Waals surface area contributed by atoms with Gasteiger partial charge in [0.1, 0.15) is 5.82 Å². The fraction of sp³-hybridized carbons (Fsp3) is 0.650. The van der Waals surface area contributed by atoms with Crippen molar-refractivity contribution >= 4 is 28.2 Å². The van der Waals surface area contributed by atoms with E-state index in [1.54, 1.807) is 0 Å². The van der Waals surface area contributed by atoms with Crippen molar-refractivity contribution in [2.45, 2.75) is 38.1 Å². The predicted molar refractivity (Wildman–Crippen MR) is 113 cm³/mol. The van der Waals surface area contributed by atoms with Crippen molar-refractivity contribution in [2.75, 3.05) is 61.1 Å². The van der Waals surface area contributed by atoms with E-state index in [0.29, 0.717) is 6.04 Å². The molecule has 0 saturated carbocycles. The molecule has 0 aromatic carbocycles. The summed E-state index contributed by atoms with van der Waals surface area (Å²) >= 11 is 1.92. The lowest BCUT2D eigenvalue weighted by molar-refractivity contribution is 0.122. The van der Waals surface area contributed by atoms with Gasteiger partial charge in [0, 0.05) is 50.3 Å². The molecule has 0 radical (unpaired) electrons. The molecule has 0 bridgehead atoms. The molecule has 0 N–H and O–H groups in total. The third-order valence-electron chi connectivity index (χ3n) is 6.10. The number of fused-ring (bicyclic) bond motifs is 1. The van der Waals surface area contributed by atoms with Gasteiger partial charge in [0.05, 0.1) is 18.9 Å². The van der Waals surface area contributed by atoms with E-state index in [1.165, 1.54) is 35.0 Å². The first-order valence-corrected chi connectivity index (χ1v) is 11.2. The van der Waals surface area contributed by atoms with Crippen LogP contribution in [0.4, 0.5) is 16.9 Å². The Morgan fingerprint density at radius 2 is 1.96 bits per heavy atom. The van der Waals surface area contributed by atoms with Crippen molar-refractivity contribution in [3.05, 3.63) is 22.8 Å². The van der Waals surface area contributed by atoms with Gasteiger partial charge in [-0.25, -0.2) is 9.97 Å². The summed E-state index contributed by atoms with van der Waals surface area (Å²) in [6.45, 7) is 5.30. The number of rotatable bonds is 4. The van der Waals surface area contributed by atoms with Crippen molar-refractivity contribution < 1.29 is 4.74 Å². The number of aryl methyl sites for hydroxylation is 2. The van der Waals surface area contributed by atoms with Gasteiger partial charge in [0.15, 0.2) is 5.13 Å². The molecule has 2 aliphatic heterocycles. The van der Waals surface area contributed by atoms with Crippen LogP contribution in [-0.4, -0.2) is 67.4 Å². The molecule has 2 fully saturated rings. The Morgan fingerprint density at radius 1 is 1.11 bits per heavy atom. The second-order valence-electron chi connectivity index (χ2n) is 7.89. The van der Waals surface area contributed by atoms with Gasteiger partial charge in [0.25, 0.3) is 0 Å². The van der Waals surface area contributed by atoms with Crippen LogP contribution < -0.4 is 14.7 Å². The number of hydrogen-bond acceptors (Lipinski definition) is 8. The minimum absolute atomic E-state index is 0.452. The number of ether oxygens (including phenoxy) is 1. The summed E-state index contributed by atoms with van der Waals surface area (Å²) in [6.07, 6.45) is 8.01. The Balaban J connectivity index is 1.27. The van der Waals surface area contributed by atoms with Crippen molar-refractivity contribution in [3.8, 4) is 0 Å². The van der Waals surface area contributed by atoms with E-state index in [9.17, 15) is 0 Å². The van der Waals surface area contributed by atoms with Crippen LogP contribution in [0.15, 0.2) is 12.3 Å². The average Bonchev–Trinajstić information content (AvgIpc) is 3.41. The van der Waals surface area contributed by atoms with E-state index in [2.05, 4.69) is 26.7 Å². The highest BCUT2D eigenvalue weighted by molar-refractivity contribution is 7.15. The molecular formula is C20H28N6OS. The summed E-state index contributed by atoms with van der Waals surface area (Å²) in [5, 5.41) is 1.22. The number of aromatic nitrogens is 3. The van der Waals surface area contributed by atoms with Gasteiger partial charge in [-0.2, -0.15) is 4.98 Å². The number of thiazole rings is 1. The minimum atomic E-state index is 0.452. The summed E-state index contributed by atoms with van der Waals surface area (Å²) in [7, 11) is 2.16. The zero-order chi connectivity index (χ0) is 18.9. The van der Waals surface area contributed by atoms with Gasteiger partial charge in [-0.05, 0) is 38.2 Å². The van der Waals surface area contributed by atoms with Crippen LogP contribution in [0.25, 0.3) is 0 Å². The van der Waals surface area contributed by atoms with Crippen LogP contribution >= 0.6 is 11.3 Å². The number of likely N-dealkylation sites (N-methyl/N-ethyl adjacent to an activating group) is 1. The number of morpholine rings is 1. The quantitative estimate of drug-likeness (QED) is 0.781. The molecule has 1 atom stereocenters. The predicted octanol–water partition coefficient (Wildman–Crippen LogP) is 2.36. The Labute approximate surface area is 170 Å². The standard InChI is InChI=1S/C20H28N6OS/c1-24(18-6-8-21-19(23-18)25-10-12-27-13-11-25)15-7-9-26(14-15)20-22-16-4-2-3-5-17(16)28-20/h6,8,15H,2-5,7,9-14H2,1H3. The van der Waals surface area contributed by atoms with E-state index in [4.69, 9.17) is 14.7 Å². The van der Waals surface area contributed by atoms with Gasteiger partial charge >= 0.3 is 0 Å². The Hall–Kier alpha value is -1.93. The summed E-state index contributed by atoms with van der Waals surface area (Å²) in [4.78, 5) is 22.8. The Bertz CT molecular complexity index is 797. The third kappa shape index (κ3) is 3.55. The fourth-order valence-corrected chi connectivity index (χ4v) is 5.53. The largest absolute Gasteiger partial charge is 0.378 e. The highest BCUT2D eigenvalue weighted by atomic mass is 32.1. The molecule has 2 saturated heterocycles. The molecule has 0 amide bonds. The van der Waals surface area contributed by atoms with Crippen molar-refractivity contribution in [2.24, 2.45) is 0 Å². The molecule has 2 aromatic rings. The maximum Gasteiger partial charge on any atom is 0.227 e. The second-order valence-corrected chi connectivity index (χ2v) is 8.95. The smallest absolute Gasteiger partial charge is 0.227 e. The molecular weight excluding hydrogens is 372 g/mol. The lowest BCUT2D eigenvalue weighted by atomic mass is 10.0. The molecule has 8 heteroatoms. The highest BCUT2D eigenvalue weighted by Gasteiger charge is 2.30. The van der Waals surface area contributed by atoms with E-state index in [-0.39, 0.29) is 0 Å². The molecule has 1 unspecified atom stereocenters. The molecule has 2 aromatic heterocycles. The number of nitrogens with zero attached hydrogens (tertiary/aromatic N) is 6. The average molecular weight is 401 g/mol. The van der Waals surface area contributed by atoms with Crippen molar-refractivity contribution in [1.82, 2.24) is 15.0 Å². The lowest BCUT2D eigenvalue weighted by Gasteiger charge is -2.29. The van der Waals surface area contributed by atoms with Gasteiger partial charge < -0.3 is 19.4 Å². The molecule has 1 aliphatic carbocycles. The normalized spacial score (nSPS) is 22.4. The van der Waals surface area contributed by atoms with Crippen LogP contribution in [0.2, 0.25) is 0 Å². The minimum Gasteiger partial charge on any atom is -0.378 e. The topological polar surface area (TPSA) is 57.6 Å². The first-order valence-electron chi connectivity index (χ1n) is 10.4. The molecule has 0 spiro atoms. The van der Waals surface area contributed by atoms with Gasteiger partial charge in [-0.15, -0.1) is 11.3 Å². The summed E-state index contributed by atoms with van der Waals surface area (Å²) in [6, 6.07) is 2.47. The Kier molecular flexibility index (Phi) is 5.07. The zero-order valence-corrected chi connectivity index (χ0v) is 17.3. The SMILES string of the molecule is CN(c1ccnc(N2CCOCC2)n1)C1CCN(c2nc3c(s2)CCCC3)C1. The summed E-state index contributed by atoms with van der Waals surface area (Å²) < 4.78 is 5.45. The molecule has 3 aliphatic rings. The lowest BCUT2D eigenvalue weighted by Crippen LogP contribution is -2.38. The molecule has 28 heavy (non-hydrogen) atoms. The van der Waals surface area contributed by atoms with E-state index in [0.717, 1.165) is 64.0 Å². The zero-order valence-electron chi connectivity index (χ0n) is 16.5. The fourth-order valence-electron chi connectivity index (χ4n) is 4.34. The monoisotopic (exact) mass is 400 g/mol. The molecule has 7 nitrogen and oxygen atoms in total. The third-order valence-corrected chi connectivity index (χ3v) is 7.32. The van der Waals surface area contributed by atoms with Crippen LogP contribution in [0.1, 0.15) is 29.8 Å². The Morgan fingerprint density at radius 3 is 2.82 bits per heavy atom. The second kappa shape index (κ2) is 7.83. The number of hydrogen-bond donors (Lipinski definition) is 0. The maximum atomic E-state index is 5.45. The highest BCUT2D eigenvalue weighted by Crippen LogP contribution is 2.34. The van der Waals surface area contributed by atoms with Crippen LogP contribution in [0.3, 0.4) is 0 Å². The molecule has 4 heterocycles. The van der Waals surface area contributed by atoms with E-state index < -0.39 is 0 Å². The van der Waals surface area contributed by atoms with Gasteiger partial charge in [-0.1, -0.05) is 0 Å². The summed E-state index contributed by atoms with van der Waals surface area (Å²) in [5.74, 6) is 1.82. The van der Waals surface area contributed by atoms with E-state index in [1.807, 2.05) is 23.6 Å². The maximum absolute atomic E-state index is 5.45. The first kappa shape index (κ1) is 18.1. The number of anilines is 3. The van der Waals surface area contributed by atoms with Crippen molar-refractivity contribution in [1.29, 1.82) is 0 Å². The molecule has 150 valence electrons. The summed E-state index contributed by atoms with van der Waals surface area (Å²) in [5.41, 5.74) is 1.36. The first-order chi connectivity index (χ1) is 13.8. The van der Waals surface area contributed by atoms with Gasteiger partial charge in [-0.3, -0.25) is 0 Å². The van der Waals surface area contributed by atoms with Crippen molar-refractivity contribution in [3.63, 3.8) is 0 Å². The van der Waals surface area contributed by atoms with Gasteiger partial charge in [0.2, 0.25) is 5.95 Å². The van der Waals surface area contributed by atoms with Crippen LogP contribution in [0, 0.1) is 0 Å². The van der Waals surface area contributed by atoms with E-state index >= 15 is 0 Å².